The summed E-state index contributed by atoms with van der Waals surface area (Å²) in [4.78, 5) is 14.9. The highest BCUT2D eigenvalue weighted by atomic mass is 32.2. The van der Waals surface area contributed by atoms with Crippen molar-refractivity contribution in [1.82, 2.24) is 9.21 Å². The van der Waals surface area contributed by atoms with E-state index in [1.54, 1.807) is 24.3 Å². The first-order valence-electron chi connectivity index (χ1n) is 9.23. The van der Waals surface area contributed by atoms with Crippen molar-refractivity contribution in [1.29, 1.82) is 0 Å². The second-order valence-corrected chi connectivity index (χ2v) is 10.8. The lowest BCUT2D eigenvalue weighted by molar-refractivity contribution is 0.102. The van der Waals surface area contributed by atoms with E-state index in [-0.39, 0.29) is 16.1 Å². The Labute approximate surface area is 176 Å². The molecular weight excluding hydrogens is 428 g/mol. The highest BCUT2D eigenvalue weighted by molar-refractivity contribution is 7.92. The molecule has 0 bridgehead atoms. The lowest BCUT2D eigenvalue weighted by Crippen LogP contribution is -2.47. The molecule has 162 valence electrons. The zero-order valence-corrected chi connectivity index (χ0v) is 18.3. The first-order valence-corrected chi connectivity index (χ1v) is 12.6. The number of likely N-dealkylation sites (N-methyl/N-ethyl adjacent to an activating group) is 1. The number of sulfonamides is 2. The van der Waals surface area contributed by atoms with Gasteiger partial charge in [-0.2, -0.15) is 4.31 Å². The van der Waals surface area contributed by atoms with Crippen LogP contribution < -0.4 is 10.0 Å². The number of rotatable bonds is 6. The van der Waals surface area contributed by atoms with Crippen LogP contribution in [0.15, 0.2) is 53.4 Å². The van der Waals surface area contributed by atoms with E-state index in [4.69, 9.17) is 0 Å². The third kappa shape index (κ3) is 5.36. The van der Waals surface area contributed by atoms with E-state index in [0.29, 0.717) is 31.9 Å². The number of benzene rings is 2. The fraction of sp³-hybridized carbons (Fsp3) is 0.316. The van der Waals surface area contributed by atoms with E-state index >= 15 is 0 Å². The minimum Gasteiger partial charge on any atom is -0.322 e. The van der Waals surface area contributed by atoms with Crippen LogP contribution in [0.5, 0.6) is 0 Å². The highest BCUT2D eigenvalue weighted by Gasteiger charge is 2.27. The normalized spacial score (nSPS) is 16.2. The summed E-state index contributed by atoms with van der Waals surface area (Å²) in [6, 6.07) is 12.2. The van der Waals surface area contributed by atoms with E-state index in [1.807, 2.05) is 7.05 Å². The third-order valence-corrected chi connectivity index (χ3v) is 7.14. The Morgan fingerprint density at radius 3 is 2.27 bits per heavy atom. The molecule has 0 atom stereocenters. The van der Waals surface area contributed by atoms with E-state index in [1.165, 1.54) is 28.6 Å². The van der Waals surface area contributed by atoms with Gasteiger partial charge in [-0.3, -0.25) is 9.52 Å². The molecule has 1 fully saturated rings. The van der Waals surface area contributed by atoms with Gasteiger partial charge < -0.3 is 10.2 Å². The summed E-state index contributed by atoms with van der Waals surface area (Å²) in [5, 5.41) is 2.64. The summed E-state index contributed by atoms with van der Waals surface area (Å²) in [5.74, 6) is -0.559. The largest absolute Gasteiger partial charge is 0.322 e. The smallest absolute Gasteiger partial charge is 0.257 e. The van der Waals surface area contributed by atoms with E-state index in [9.17, 15) is 21.6 Å². The van der Waals surface area contributed by atoms with Crippen molar-refractivity contribution < 1.29 is 21.6 Å². The zero-order valence-electron chi connectivity index (χ0n) is 16.7. The van der Waals surface area contributed by atoms with E-state index in [2.05, 4.69) is 14.9 Å². The molecule has 11 heteroatoms. The van der Waals surface area contributed by atoms with Crippen LogP contribution >= 0.6 is 0 Å². The van der Waals surface area contributed by atoms with Crippen LogP contribution in [0.4, 0.5) is 11.4 Å². The van der Waals surface area contributed by atoms with Gasteiger partial charge in [-0.15, -0.1) is 0 Å². The van der Waals surface area contributed by atoms with Gasteiger partial charge in [0.2, 0.25) is 20.0 Å². The van der Waals surface area contributed by atoms with Crippen molar-refractivity contribution in [3.05, 3.63) is 54.1 Å². The molecule has 2 aromatic carbocycles. The molecule has 1 saturated heterocycles. The Morgan fingerprint density at radius 2 is 1.60 bits per heavy atom. The summed E-state index contributed by atoms with van der Waals surface area (Å²) < 4.78 is 52.7. The van der Waals surface area contributed by atoms with E-state index in [0.717, 1.165) is 6.26 Å². The predicted molar refractivity (Wildman–Crippen MR) is 116 cm³/mol. The van der Waals surface area contributed by atoms with Crippen molar-refractivity contribution in [2.75, 3.05) is 49.5 Å². The van der Waals surface area contributed by atoms with Gasteiger partial charge in [0.1, 0.15) is 0 Å². The van der Waals surface area contributed by atoms with Crippen LogP contribution in [0.1, 0.15) is 10.4 Å². The maximum atomic E-state index is 12.9. The molecule has 2 aromatic rings. The maximum Gasteiger partial charge on any atom is 0.257 e. The first kappa shape index (κ1) is 22.2. The van der Waals surface area contributed by atoms with Crippen LogP contribution in [0, 0.1) is 0 Å². The van der Waals surface area contributed by atoms with Gasteiger partial charge in [-0.1, -0.05) is 18.2 Å². The Balaban J connectivity index is 1.82. The molecular formula is C19H24N4O5S2. The first-order chi connectivity index (χ1) is 14.1. The highest BCUT2D eigenvalue weighted by Crippen LogP contribution is 2.23. The lowest BCUT2D eigenvalue weighted by Gasteiger charge is -2.31. The van der Waals surface area contributed by atoms with Gasteiger partial charge in [0.15, 0.2) is 0 Å². The maximum absolute atomic E-state index is 12.9. The molecule has 0 aliphatic carbocycles. The molecule has 0 unspecified atom stereocenters. The van der Waals surface area contributed by atoms with Crippen molar-refractivity contribution in [2.45, 2.75) is 4.90 Å². The summed E-state index contributed by atoms with van der Waals surface area (Å²) in [7, 11) is -5.30. The number of carbonyl (C=O) groups is 1. The topological polar surface area (TPSA) is 116 Å². The minimum atomic E-state index is -3.68. The standard InChI is InChI=1S/C19H24N4O5S2/c1-22-10-12-23(13-11-22)30(27,28)16-7-5-6-15(14-16)20-19(24)17-8-3-4-9-18(17)21-29(2,25)26/h3-9,14,21H,10-13H2,1-2H3,(H,20,24). The number of para-hydroxylation sites is 1. The number of nitrogens with one attached hydrogen (secondary N) is 2. The van der Waals surface area contributed by atoms with Gasteiger partial charge in [-0.25, -0.2) is 16.8 Å². The summed E-state index contributed by atoms with van der Waals surface area (Å²) in [6.45, 7) is 2.11. The second-order valence-electron chi connectivity index (χ2n) is 7.11. The number of amides is 1. The monoisotopic (exact) mass is 452 g/mol. The third-order valence-electron chi connectivity index (χ3n) is 4.66. The Kier molecular flexibility index (Phi) is 6.46. The fourth-order valence-electron chi connectivity index (χ4n) is 3.08. The molecule has 0 saturated carbocycles. The van der Waals surface area contributed by atoms with Crippen LogP contribution in [0.25, 0.3) is 0 Å². The number of nitrogens with zero attached hydrogens (tertiary/aromatic N) is 2. The Bertz CT molecular complexity index is 1140. The predicted octanol–water partition coefficient (Wildman–Crippen LogP) is 1.25. The number of carbonyl (C=O) groups excluding carboxylic acids is 1. The number of hydrogen-bond donors (Lipinski definition) is 2. The fourth-order valence-corrected chi connectivity index (χ4v) is 5.13. The average molecular weight is 453 g/mol. The van der Waals surface area contributed by atoms with Crippen molar-refractivity contribution in [3.8, 4) is 0 Å². The number of piperazine rings is 1. The van der Waals surface area contributed by atoms with Gasteiger partial charge in [0.05, 0.1) is 22.4 Å². The average Bonchev–Trinajstić information content (AvgIpc) is 2.67. The molecule has 9 nitrogen and oxygen atoms in total. The lowest BCUT2D eigenvalue weighted by atomic mass is 10.1. The summed E-state index contributed by atoms with van der Waals surface area (Å²) >= 11 is 0. The quantitative estimate of drug-likeness (QED) is 0.681. The Hall–Kier alpha value is -2.47. The van der Waals surface area contributed by atoms with Crippen molar-refractivity contribution in [2.24, 2.45) is 0 Å². The molecule has 2 N–H and O–H groups in total. The van der Waals surface area contributed by atoms with Crippen LogP contribution in [0.3, 0.4) is 0 Å². The molecule has 1 amide bonds. The Morgan fingerprint density at radius 1 is 0.933 bits per heavy atom. The molecule has 1 aliphatic rings. The molecule has 1 heterocycles. The van der Waals surface area contributed by atoms with Crippen LogP contribution in [-0.2, 0) is 20.0 Å². The zero-order chi connectivity index (χ0) is 21.9. The van der Waals surface area contributed by atoms with Crippen molar-refractivity contribution in [3.63, 3.8) is 0 Å². The van der Waals surface area contributed by atoms with Gasteiger partial charge >= 0.3 is 0 Å². The van der Waals surface area contributed by atoms with Gasteiger partial charge in [0.25, 0.3) is 5.91 Å². The molecule has 0 radical (unpaired) electrons. The summed E-state index contributed by atoms with van der Waals surface area (Å²) in [5.41, 5.74) is 0.554. The van der Waals surface area contributed by atoms with E-state index < -0.39 is 26.0 Å². The molecule has 1 aliphatic heterocycles. The second kappa shape index (κ2) is 8.72. The molecule has 0 spiro atoms. The van der Waals surface area contributed by atoms with Gasteiger partial charge in [0, 0.05) is 31.9 Å². The number of hydrogen-bond acceptors (Lipinski definition) is 6. The minimum absolute atomic E-state index is 0.0902. The SMILES string of the molecule is CN1CCN(S(=O)(=O)c2cccc(NC(=O)c3ccccc3NS(C)(=O)=O)c2)CC1. The van der Waals surface area contributed by atoms with Crippen LogP contribution in [-0.4, -0.2) is 71.4 Å². The van der Waals surface area contributed by atoms with Crippen molar-refractivity contribution >= 4 is 37.3 Å². The van der Waals surface area contributed by atoms with Gasteiger partial charge in [-0.05, 0) is 37.4 Å². The van der Waals surface area contributed by atoms with Crippen LogP contribution in [0.2, 0.25) is 0 Å². The number of anilines is 2. The molecule has 3 rings (SSSR count). The molecule has 30 heavy (non-hydrogen) atoms. The molecule has 0 aromatic heterocycles. The summed E-state index contributed by atoms with van der Waals surface area (Å²) in [6.07, 6.45) is 0.994.